The number of aromatic nitrogens is 2. The first-order valence-corrected chi connectivity index (χ1v) is 8.87. The molecule has 26 heavy (non-hydrogen) atoms. The van der Waals surface area contributed by atoms with Gasteiger partial charge in [0, 0.05) is 31.0 Å². The molecule has 0 unspecified atom stereocenters. The second-order valence-electron chi connectivity index (χ2n) is 6.87. The zero-order valence-corrected chi connectivity index (χ0v) is 14.4. The second kappa shape index (κ2) is 6.48. The van der Waals surface area contributed by atoms with E-state index in [1.807, 2.05) is 12.1 Å². The van der Waals surface area contributed by atoms with Gasteiger partial charge in [0.25, 0.3) is 5.91 Å². The van der Waals surface area contributed by atoms with E-state index in [9.17, 15) is 14.7 Å². The van der Waals surface area contributed by atoms with E-state index in [0.717, 1.165) is 30.8 Å². The number of hydrogen-bond acceptors (Lipinski definition) is 4. The summed E-state index contributed by atoms with van der Waals surface area (Å²) in [6.45, 7) is 1.52. The van der Waals surface area contributed by atoms with Gasteiger partial charge in [-0.2, -0.15) is 0 Å². The minimum atomic E-state index is -1.03. The molecule has 2 aliphatic heterocycles. The number of hydrogen-bond donors (Lipinski definition) is 1. The van der Waals surface area contributed by atoms with Gasteiger partial charge in [-0.05, 0) is 49.4 Å². The molecule has 136 valence electrons. The van der Waals surface area contributed by atoms with Crippen LogP contribution >= 0.6 is 0 Å². The number of fused-ring (bicyclic) bond motifs is 1. The number of ether oxygens (including phenoxy) is 1. The maximum absolute atomic E-state index is 12.9. The molecule has 3 heterocycles. The maximum Gasteiger partial charge on any atom is 0.330 e. The van der Waals surface area contributed by atoms with Gasteiger partial charge in [-0.3, -0.25) is 4.79 Å². The number of benzene rings is 1. The van der Waals surface area contributed by atoms with Crippen LogP contribution in [0.2, 0.25) is 0 Å². The van der Waals surface area contributed by atoms with Gasteiger partial charge < -0.3 is 19.3 Å². The molecule has 7 nitrogen and oxygen atoms in total. The summed E-state index contributed by atoms with van der Waals surface area (Å²) < 4.78 is 7.25. The molecule has 0 saturated carbocycles. The highest BCUT2D eigenvalue weighted by atomic mass is 16.5. The Balaban J connectivity index is 1.51. The lowest BCUT2D eigenvalue weighted by Crippen LogP contribution is -2.52. The fraction of sp³-hybridized carbons (Fsp3) is 0.421. The highest BCUT2D eigenvalue weighted by Crippen LogP contribution is 2.32. The molecular weight excluding hydrogens is 334 g/mol. The predicted molar refractivity (Wildman–Crippen MR) is 93.2 cm³/mol. The zero-order valence-electron chi connectivity index (χ0n) is 14.4. The lowest BCUT2D eigenvalue weighted by molar-refractivity contribution is -0.150. The molecule has 2 aliphatic rings. The van der Waals surface area contributed by atoms with Gasteiger partial charge in [0.05, 0.1) is 12.9 Å². The van der Waals surface area contributed by atoms with Crippen LogP contribution in [-0.2, 0) is 16.8 Å². The fourth-order valence-electron chi connectivity index (χ4n) is 3.85. The smallest absolute Gasteiger partial charge is 0.330 e. The molecule has 0 aliphatic carbocycles. The highest BCUT2D eigenvalue weighted by Gasteiger charge is 2.44. The van der Waals surface area contributed by atoms with E-state index in [4.69, 9.17) is 4.74 Å². The van der Waals surface area contributed by atoms with Crippen LogP contribution in [-0.4, -0.2) is 51.1 Å². The number of piperidine rings is 1. The van der Waals surface area contributed by atoms with Crippen molar-refractivity contribution in [2.24, 2.45) is 0 Å². The molecule has 0 bridgehead atoms. The Hall–Kier alpha value is -2.83. The third kappa shape index (κ3) is 2.73. The Kier molecular flexibility index (Phi) is 4.14. The minimum Gasteiger partial charge on any atom is -0.493 e. The first-order valence-electron chi connectivity index (χ1n) is 8.87. The van der Waals surface area contributed by atoms with Crippen molar-refractivity contribution in [2.75, 3.05) is 19.7 Å². The van der Waals surface area contributed by atoms with Gasteiger partial charge in [-0.25, -0.2) is 9.78 Å². The molecule has 0 spiro atoms. The van der Waals surface area contributed by atoms with Crippen molar-refractivity contribution < 1.29 is 19.4 Å². The Morgan fingerprint density at radius 2 is 2.04 bits per heavy atom. The van der Waals surface area contributed by atoms with E-state index < -0.39 is 11.5 Å². The van der Waals surface area contributed by atoms with Crippen molar-refractivity contribution in [3.8, 4) is 5.75 Å². The van der Waals surface area contributed by atoms with Crippen LogP contribution in [0.15, 0.2) is 36.9 Å². The molecule has 2 aromatic rings. The topological polar surface area (TPSA) is 84.7 Å². The summed E-state index contributed by atoms with van der Waals surface area (Å²) in [5.41, 5.74) is 0.675. The summed E-state index contributed by atoms with van der Waals surface area (Å²) in [5, 5.41) is 9.77. The number of carbonyl (C=O) groups excluding carboxylic acids is 1. The summed E-state index contributed by atoms with van der Waals surface area (Å²) in [6, 6.07) is 5.56. The summed E-state index contributed by atoms with van der Waals surface area (Å²) in [7, 11) is 0. The van der Waals surface area contributed by atoms with Crippen molar-refractivity contribution >= 4 is 11.9 Å². The predicted octanol–water partition coefficient (Wildman–Crippen LogP) is 1.92. The Morgan fingerprint density at radius 1 is 1.23 bits per heavy atom. The van der Waals surface area contributed by atoms with Gasteiger partial charge in [-0.15, -0.1) is 0 Å². The largest absolute Gasteiger partial charge is 0.493 e. The molecular formula is C19H21N3O4. The number of carboxylic acid groups (broad SMARTS) is 1. The first-order chi connectivity index (χ1) is 12.6. The average molecular weight is 355 g/mol. The number of aliphatic carboxylic acids is 1. The molecule has 0 radical (unpaired) electrons. The van der Waals surface area contributed by atoms with Crippen LogP contribution in [0.4, 0.5) is 0 Å². The van der Waals surface area contributed by atoms with Gasteiger partial charge >= 0.3 is 5.97 Å². The normalized spacial score (nSPS) is 18.7. The standard InChI is InChI=1S/C19H21N3O4/c23-17(15-3-4-16-14(12-15)2-1-11-26-16)21-8-5-19(6-9-21,18(24)25)22-10-7-20-13-22/h3-4,7,10,12-13H,1-2,5-6,8-9,11H2,(H,24,25). The highest BCUT2D eigenvalue weighted by molar-refractivity contribution is 5.95. The Labute approximate surface area is 151 Å². The van der Waals surface area contributed by atoms with Crippen molar-refractivity contribution in [1.82, 2.24) is 14.5 Å². The minimum absolute atomic E-state index is 0.0528. The van der Waals surface area contributed by atoms with Gasteiger partial charge in [0.15, 0.2) is 0 Å². The van der Waals surface area contributed by atoms with Crippen LogP contribution < -0.4 is 4.74 Å². The number of rotatable bonds is 3. The number of imidazole rings is 1. The molecule has 1 aromatic heterocycles. The van der Waals surface area contributed by atoms with Crippen LogP contribution in [0.5, 0.6) is 5.75 Å². The maximum atomic E-state index is 12.9. The molecule has 1 saturated heterocycles. The van der Waals surface area contributed by atoms with Crippen molar-refractivity contribution in [1.29, 1.82) is 0 Å². The van der Waals surface area contributed by atoms with Crippen LogP contribution in [0.3, 0.4) is 0 Å². The van der Waals surface area contributed by atoms with E-state index in [-0.39, 0.29) is 5.91 Å². The third-order valence-corrected chi connectivity index (χ3v) is 5.43. The second-order valence-corrected chi connectivity index (χ2v) is 6.87. The van der Waals surface area contributed by atoms with Crippen LogP contribution in [0.25, 0.3) is 0 Å². The average Bonchev–Trinajstić information content (AvgIpc) is 3.22. The van der Waals surface area contributed by atoms with E-state index in [1.165, 1.54) is 6.33 Å². The Bertz CT molecular complexity index is 823. The Morgan fingerprint density at radius 3 is 2.73 bits per heavy atom. The number of carbonyl (C=O) groups is 2. The van der Waals surface area contributed by atoms with Gasteiger partial charge in [0.2, 0.25) is 0 Å². The summed E-state index contributed by atoms with van der Waals surface area (Å²) in [4.78, 5) is 30.5. The van der Waals surface area contributed by atoms with Gasteiger partial charge in [-0.1, -0.05) is 0 Å². The molecule has 0 atom stereocenters. The first kappa shape index (κ1) is 16.6. The molecule has 7 heteroatoms. The number of nitrogens with zero attached hydrogens (tertiary/aromatic N) is 3. The SMILES string of the molecule is O=C(c1ccc2c(c1)CCCO2)N1CCC(C(=O)O)(n2ccnc2)CC1. The number of carboxylic acids is 1. The van der Waals surface area contributed by atoms with Gasteiger partial charge in [0.1, 0.15) is 11.3 Å². The van der Waals surface area contributed by atoms with E-state index >= 15 is 0 Å². The molecule has 4 rings (SSSR count). The number of likely N-dealkylation sites (tertiary alicyclic amines) is 1. The zero-order chi connectivity index (χ0) is 18.1. The summed E-state index contributed by atoms with van der Waals surface area (Å²) in [5.74, 6) is -0.0760. The van der Waals surface area contributed by atoms with Crippen molar-refractivity contribution in [3.63, 3.8) is 0 Å². The molecule has 1 aromatic carbocycles. The molecule has 1 N–H and O–H groups in total. The van der Waals surface area contributed by atoms with E-state index in [1.54, 1.807) is 27.9 Å². The van der Waals surface area contributed by atoms with Crippen molar-refractivity contribution in [3.05, 3.63) is 48.0 Å². The molecule has 1 amide bonds. The fourth-order valence-corrected chi connectivity index (χ4v) is 3.85. The quantitative estimate of drug-likeness (QED) is 0.909. The van der Waals surface area contributed by atoms with E-state index in [0.29, 0.717) is 31.5 Å². The lowest BCUT2D eigenvalue weighted by atomic mass is 9.87. The third-order valence-electron chi connectivity index (χ3n) is 5.43. The van der Waals surface area contributed by atoms with Crippen LogP contribution in [0, 0.1) is 0 Å². The number of amides is 1. The van der Waals surface area contributed by atoms with E-state index in [2.05, 4.69) is 4.98 Å². The van der Waals surface area contributed by atoms with Crippen molar-refractivity contribution in [2.45, 2.75) is 31.2 Å². The number of aryl methyl sites for hydroxylation is 1. The van der Waals surface area contributed by atoms with Crippen LogP contribution in [0.1, 0.15) is 35.2 Å². The molecule has 1 fully saturated rings. The lowest BCUT2D eigenvalue weighted by Gasteiger charge is -2.39. The summed E-state index contributed by atoms with van der Waals surface area (Å²) in [6.07, 6.45) is 7.39. The summed E-state index contributed by atoms with van der Waals surface area (Å²) >= 11 is 0. The monoisotopic (exact) mass is 355 g/mol.